The van der Waals surface area contributed by atoms with Crippen molar-refractivity contribution in [2.45, 2.75) is 65.3 Å². The van der Waals surface area contributed by atoms with Gasteiger partial charge < -0.3 is 4.90 Å². The first kappa shape index (κ1) is 22.8. The number of alkyl halides is 3. The average molecular weight is 453 g/mol. The summed E-state index contributed by atoms with van der Waals surface area (Å²) in [5.41, 5.74) is 1.97. The van der Waals surface area contributed by atoms with Gasteiger partial charge in [-0.05, 0) is 32.8 Å². The zero-order valence-electron chi connectivity index (χ0n) is 18.9. The molecule has 1 aliphatic heterocycles. The van der Waals surface area contributed by atoms with E-state index in [-0.39, 0.29) is 18.4 Å². The van der Waals surface area contributed by atoms with Gasteiger partial charge in [0.05, 0.1) is 18.2 Å². The molecule has 176 valence electrons. The quantitative estimate of drug-likeness (QED) is 0.647. The van der Waals surface area contributed by atoms with Crippen LogP contribution in [-0.2, 0) is 30.6 Å². The zero-order valence-corrected chi connectivity index (χ0v) is 18.9. The first-order valence-electron chi connectivity index (χ1n) is 11.3. The highest BCUT2D eigenvalue weighted by molar-refractivity contribution is 5.78. The van der Waals surface area contributed by atoms with Crippen molar-refractivity contribution in [3.63, 3.8) is 0 Å². The van der Waals surface area contributed by atoms with E-state index >= 15 is 0 Å². The molecular formula is C22H31F3N6O. The van der Waals surface area contributed by atoms with Crippen LogP contribution in [0.4, 0.5) is 13.2 Å². The summed E-state index contributed by atoms with van der Waals surface area (Å²) in [4.78, 5) is 17.1. The lowest BCUT2D eigenvalue weighted by Gasteiger charge is -2.36. The second kappa shape index (κ2) is 8.88. The van der Waals surface area contributed by atoms with Crippen LogP contribution in [-0.4, -0.2) is 61.4 Å². The summed E-state index contributed by atoms with van der Waals surface area (Å²) in [7, 11) is 0. The zero-order chi connectivity index (χ0) is 23.0. The summed E-state index contributed by atoms with van der Waals surface area (Å²) in [5, 5.41) is 8.28. The third-order valence-electron chi connectivity index (χ3n) is 6.42. The third kappa shape index (κ3) is 5.00. The van der Waals surface area contributed by atoms with Crippen molar-refractivity contribution < 1.29 is 18.0 Å². The predicted octanol–water partition coefficient (Wildman–Crippen LogP) is 3.28. The number of amides is 1. The van der Waals surface area contributed by atoms with Gasteiger partial charge in [-0.2, -0.15) is 23.4 Å². The fraction of sp³-hybridized carbons (Fsp3) is 0.682. The van der Waals surface area contributed by atoms with Crippen LogP contribution in [0.15, 0.2) is 12.3 Å². The Kier molecular flexibility index (Phi) is 6.33. The Balaban J connectivity index is 1.33. The average Bonchev–Trinajstić information content (AvgIpc) is 3.41. The van der Waals surface area contributed by atoms with Crippen molar-refractivity contribution in [3.05, 3.63) is 34.9 Å². The van der Waals surface area contributed by atoms with Gasteiger partial charge in [0, 0.05) is 62.6 Å². The molecule has 1 atom stereocenters. The van der Waals surface area contributed by atoms with Crippen LogP contribution in [0.1, 0.15) is 55.3 Å². The third-order valence-corrected chi connectivity index (χ3v) is 6.42. The number of hydrogen-bond acceptors (Lipinski definition) is 4. The van der Waals surface area contributed by atoms with Crippen LogP contribution >= 0.6 is 0 Å². The largest absolute Gasteiger partial charge is 0.435 e. The highest BCUT2D eigenvalue weighted by Crippen LogP contribution is 2.42. The molecule has 7 nitrogen and oxygen atoms in total. The monoisotopic (exact) mass is 452 g/mol. The minimum absolute atomic E-state index is 0.0227. The molecule has 1 aliphatic carbocycles. The number of piperazine rings is 1. The highest BCUT2D eigenvalue weighted by Gasteiger charge is 2.38. The van der Waals surface area contributed by atoms with Gasteiger partial charge in [-0.3, -0.25) is 19.1 Å². The molecule has 2 aromatic heterocycles. The second-order valence-corrected chi connectivity index (χ2v) is 9.01. The first-order chi connectivity index (χ1) is 15.2. The Bertz CT molecular complexity index is 954. The van der Waals surface area contributed by atoms with Crippen LogP contribution in [0.2, 0.25) is 0 Å². The van der Waals surface area contributed by atoms with Crippen LogP contribution in [0.5, 0.6) is 0 Å². The fourth-order valence-corrected chi connectivity index (χ4v) is 4.32. The number of carbonyl (C=O) groups excluding carboxylic acids is 1. The van der Waals surface area contributed by atoms with Crippen molar-refractivity contribution in [2.75, 3.05) is 26.2 Å². The summed E-state index contributed by atoms with van der Waals surface area (Å²) >= 11 is 0. The number of aromatic nitrogens is 4. The van der Waals surface area contributed by atoms with Crippen molar-refractivity contribution >= 4 is 5.91 Å². The van der Waals surface area contributed by atoms with Crippen molar-refractivity contribution in [1.82, 2.24) is 29.4 Å². The Hall–Kier alpha value is -2.36. The first-order valence-corrected chi connectivity index (χ1v) is 11.3. The molecule has 1 unspecified atom stereocenters. The van der Waals surface area contributed by atoms with E-state index in [1.807, 2.05) is 16.5 Å². The van der Waals surface area contributed by atoms with Gasteiger partial charge in [0.2, 0.25) is 5.91 Å². The molecule has 2 fully saturated rings. The van der Waals surface area contributed by atoms with E-state index in [0.717, 1.165) is 50.8 Å². The lowest BCUT2D eigenvalue weighted by atomic mass is 10.1. The molecule has 1 saturated heterocycles. The lowest BCUT2D eigenvalue weighted by molar-refractivity contribution is -0.141. The summed E-state index contributed by atoms with van der Waals surface area (Å²) in [6, 6.07) is 1.15. The van der Waals surface area contributed by atoms with Crippen LogP contribution in [0.3, 0.4) is 0 Å². The molecule has 0 radical (unpaired) electrons. The van der Waals surface area contributed by atoms with Gasteiger partial charge in [0.1, 0.15) is 0 Å². The van der Waals surface area contributed by atoms with Gasteiger partial charge >= 0.3 is 6.18 Å². The van der Waals surface area contributed by atoms with Crippen molar-refractivity contribution in [1.29, 1.82) is 0 Å². The number of rotatable bonds is 7. The van der Waals surface area contributed by atoms with Gasteiger partial charge in [-0.15, -0.1) is 0 Å². The van der Waals surface area contributed by atoms with Gasteiger partial charge in [0.25, 0.3) is 0 Å². The van der Waals surface area contributed by atoms with E-state index < -0.39 is 17.8 Å². The second-order valence-electron chi connectivity index (χ2n) is 9.01. The maximum atomic E-state index is 13.1. The maximum absolute atomic E-state index is 13.1. The molecule has 2 aliphatic rings. The molecule has 0 spiro atoms. The van der Waals surface area contributed by atoms with Crippen molar-refractivity contribution in [3.8, 4) is 0 Å². The normalized spacial score (nSPS) is 18.9. The molecule has 10 heteroatoms. The molecule has 32 heavy (non-hydrogen) atoms. The van der Waals surface area contributed by atoms with Crippen LogP contribution in [0.25, 0.3) is 0 Å². The number of aryl methyl sites for hydroxylation is 2. The smallest absolute Gasteiger partial charge is 0.340 e. The topological polar surface area (TPSA) is 59.2 Å². The number of nitrogens with zero attached hydrogens (tertiary/aromatic N) is 6. The molecule has 0 aromatic carbocycles. The molecule has 3 heterocycles. The van der Waals surface area contributed by atoms with E-state index in [4.69, 9.17) is 0 Å². The van der Waals surface area contributed by atoms with E-state index in [0.29, 0.717) is 18.8 Å². The number of hydrogen-bond donors (Lipinski definition) is 0. The molecule has 1 saturated carbocycles. The number of carbonyl (C=O) groups is 1. The molecule has 4 rings (SSSR count). The summed E-state index contributed by atoms with van der Waals surface area (Å²) in [6.45, 7) is 10.4. The maximum Gasteiger partial charge on any atom is 0.435 e. The van der Waals surface area contributed by atoms with Gasteiger partial charge in [0.15, 0.2) is 5.69 Å². The molecule has 1 amide bonds. The van der Waals surface area contributed by atoms with E-state index in [1.54, 1.807) is 6.92 Å². The summed E-state index contributed by atoms with van der Waals surface area (Å²) in [6.07, 6.45) is -0.635. The van der Waals surface area contributed by atoms with E-state index in [1.165, 1.54) is 10.2 Å². The van der Waals surface area contributed by atoms with Gasteiger partial charge in [-0.25, -0.2) is 0 Å². The van der Waals surface area contributed by atoms with E-state index in [9.17, 15) is 18.0 Å². The summed E-state index contributed by atoms with van der Waals surface area (Å²) < 4.78 is 42.7. The lowest BCUT2D eigenvalue weighted by Crippen LogP contribution is -2.50. The Morgan fingerprint density at radius 1 is 1.19 bits per heavy atom. The van der Waals surface area contributed by atoms with Crippen molar-refractivity contribution in [2.24, 2.45) is 5.92 Å². The van der Waals surface area contributed by atoms with Crippen LogP contribution in [0, 0.1) is 12.8 Å². The SMILES string of the molecule is CCn1cc(CN2CCN(C(=O)C(C)Cn3nc(C(F)(F)F)cc3C3CC3)CC2)c(C)n1. The van der Waals surface area contributed by atoms with E-state index in [2.05, 4.69) is 28.2 Å². The predicted molar refractivity (Wildman–Crippen MR) is 113 cm³/mol. The number of halogens is 3. The molecule has 0 N–H and O–H groups in total. The molecule has 0 bridgehead atoms. The fourth-order valence-electron chi connectivity index (χ4n) is 4.32. The Morgan fingerprint density at radius 3 is 2.44 bits per heavy atom. The highest BCUT2D eigenvalue weighted by atomic mass is 19.4. The molecular weight excluding hydrogens is 421 g/mol. The summed E-state index contributed by atoms with van der Waals surface area (Å²) in [5.74, 6) is -0.319. The Morgan fingerprint density at radius 2 is 1.88 bits per heavy atom. The minimum atomic E-state index is -4.47. The molecule has 2 aromatic rings. The standard InChI is InChI=1S/C22H31F3N6O/c1-4-30-14-18(16(3)26-30)13-28-7-9-29(10-8-28)21(32)15(2)12-31-19(17-5-6-17)11-20(27-31)22(23,24)25/h11,14-15,17H,4-10,12-13H2,1-3H3. The van der Waals surface area contributed by atoms with Crippen LogP contribution < -0.4 is 0 Å². The Labute approximate surface area is 186 Å². The van der Waals surface area contributed by atoms with Gasteiger partial charge in [-0.1, -0.05) is 6.92 Å². The minimum Gasteiger partial charge on any atom is -0.340 e.